The molecule has 6 rings (SSSR count). The van der Waals surface area contributed by atoms with Gasteiger partial charge in [-0.2, -0.15) is 0 Å². The van der Waals surface area contributed by atoms with E-state index in [1.165, 1.54) is 43.8 Å². The molecule has 176 valence electrons. The number of fused-ring (bicyclic) bond motifs is 2. The summed E-state index contributed by atoms with van der Waals surface area (Å²) >= 11 is 0. The van der Waals surface area contributed by atoms with Crippen LogP contribution in [0, 0.1) is 0 Å². The maximum Gasteiger partial charge on any atom is 0.00671 e. The Kier molecular flexibility index (Phi) is 7.24. The molecule has 6 aromatic rings. The molecular formula is C36H32. The molecule has 0 aliphatic carbocycles. The summed E-state index contributed by atoms with van der Waals surface area (Å²) in [5, 5.41) is 5.30. The number of hydrogen-bond donors (Lipinski definition) is 0. The van der Waals surface area contributed by atoms with Gasteiger partial charge in [-0.25, -0.2) is 0 Å². The second kappa shape index (κ2) is 11.1. The van der Waals surface area contributed by atoms with E-state index in [2.05, 4.69) is 159 Å². The monoisotopic (exact) mass is 464 g/mol. The van der Waals surface area contributed by atoms with Crippen LogP contribution in [0.3, 0.4) is 0 Å². The van der Waals surface area contributed by atoms with Crippen molar-refractivity contribution in [3.63, 3.8) is 0 Å². The Bertz CT molecular complexity index is 1540. The molecule has 0 N–H and O–H groups in total. The summed E-state index contributed by atoms with van der Waals surface area (Å²) in [4.78, 5) is 0. The highest BCUT2D eigenvalue weighted by Gasteiger charge is 2.11. The minimum absolute atomic E-state index is 0.428. The zero-order valence-electron chi connectivity index (χ0n) is 21.0. The van der Waals surface area contributed by atoms with Crippen molar-refractivity contribution in [2.75, 3.05) is 0 Å². The first-order valence-corrected chi connectivity index (χ1v) is 12.8. The van der Waals surface area contributed by atoms with Crippen LogP contribution in [0.2, 0.25) is 0 Å². The lowest BCUT2D eigenvalue weighted by Crippen LogP contribution is -1.96. The van der Waals surface area contributed by atoms with Gasteiger partial charge >= 0.3 is 0 Å². The fourth-order valence-electron chi connectivity index (χ4n) is 4.96. The van der Waals surface area contributed by atoms with Gasteiger partial charge in [-0.1, -0.05) is 159 Å². The molecule has 36 heavy (non-hydrogen) atoms. The Balaban J connectivity index is 0.000000148. The largest absolute Gasteiger partial charge is 0.0622 e. The minimum Gasteiger partial charge on any atom is -0.0622 e. The third-order valence-corrected chi connectivity index (χ3v) is 7.16. The quantitative estimate of drug-likeness (QED) is 0.243. The highest BCUT2D eigenvalue weighted by molar-refractivity contribution is 5.86. The molecule has 0 nitrogen and oxygen atoms in total. The lowest BCUT2D eigenvalue weighted by atomic mass is 9.89. The van der Waals surface area contributed by atoms with Crippen molar-refractivity contribution in [2.24, 2.45) is 0 Å². The Morgan fingerprint density at radius 1 is 0.361 bits per heavy atom. The molecule has 0 amide bonds. The standard InChI is InChI=1S/2C18H16/c1-14(15-8-3-2-4-9-15)17-13-7-11-16-10-5-6-12-18(16)17;1-14(15-7-3-2-4-8-15)17-12-11-16-9-5-6-10-18(16)13-17/h2*2-14H,1H3. The number of benzene rings is 6. The molecule has 0 fully saturated rings. The molecule has 0 heteroatoms. The fourth-order valence-corrected chi connectivity index (χ4v) is 4.96. The zero-order chi connectivity index (χ0) is 24.7. The van der Waals surface area contributed by atoms with E-state index in [-0.39, 0.29) is 0 Å². The Labute approximate surface area is 214 Å². The molecule has 0 saturated carbocycles. The molecule has 0 aromatic heterocycles. The lowest BCUT2D eigenvalue weighted by molar-refractivity contribution is 0.925. The first-order valence-electron chi connectivity index (χ1n) is 12.8. The van der Waals surface area contributed by atoms with Crippen LogP contribution in [0.1, 0.15) is 47.9 Å². The van der Waals surface area contributed by atoms with Crippen LogP contribution in [0.25, 0.3) is 21.5 Å². The second-order valence-corrected chi connectivity index (χ2v) is 9.44. The van der Waals surface area contributed by atoms with Crippen molar-refractivity contribution in [1.82, 2.24) is 0 Å². The van der Waals surface area contributed by atoms with Crippen LogP contribution in [-0.4, -0.2) is 0 Å². The molecule has 0 saturated heterocycles. The van der Waals surface area contributed by atoms with Gasteiger partial charge in [-0.3, -0.25) is 0 Å². The van der Waals surface area contributed by atoms with E-state index in [1.54, 1.807) is 0 Å². The molecule has 0 aliphatic heterocycles. The predicted molar refractivity (Wildman–Crippen MR) is 156 cm³/mol. The SMILES string of the molecule is CC(c1ccccc1)c1ccc2ccccc2c1.CC(c1ccccc1)c1cccc2ccccc12. The average Bonchev–Trinajstić information content (AvgIpc) is 2.97. The maximum atomic E-state index is 2.30. The molecular weight excluding hydrogens is 432 g/mol. The second-order valence-electron chi connectivity index (χ2n) is 9.44. The van der Waals surface area contributed by atoms with Gasteiger partial charge in [0.15, 0.2) is 0 Å². The first-order chi connectivity index (χ1) is 17.7. The summed E-state index contributed by atoms with van der Waals surface area (Å²) < 4.78 is 0. The fraction of sp³-hybridized carbons (Fsp3) is 0.111. The van der Waals surface area contributed by atoms with Gasteiger partial charge in [-0.05, 0) is 43.8 Å². The first kappa shape index (κ1) is 23.6. The van der Waals surface area contributed by atoms with Gasteiger partial charge in [0, 0.05) is 11.8 Å². The summed E-state index contributed by atoms with van der Waals surface area (Å²) in [6, 6.07) is 51.8. The lowest BCUT2D eigenvalue weighted by Gasteiger charge is -2.15. The molecule has 2 unspecified atom stereocenters. The molecule has 2 atom stereocenters. The van der Waals surface area contributed by atoms with Crippen LogP contribution >= 0.6 is 0 Å². The van der Waals surface area contributed by atoms with Crippen molar-refractivity contribution < 1.29 is 0 Å². The van der Waals surface area contributed by atoms with Crippen LogP contribution in [0.15, 0.2) is 146 Å². The third kappa shape index (κ3) is 5.24. The van der Waals surface area contributed by atoms with Crippen LogP contribution < -0.4 is 0 Å². The van der Waals surface area contributed by atoms with Gasteiger partial charge in [-0.15, -0.1) is 0 Å². The Morgan fingerprint density at radius 3 is 1.58 bits per heavy atom. The summed E-state index contributed by atoms with van der Waals surface area (Å²) in [6.45, 7) is 4.54. The van der Waals surface area contributed by atoms with Gasteiger partial charge in [0.2, 0.25) is 0 Å². The summed E-state index contributed by atoms with van der Waals surface area (Å²) in [6.07, 6.45) is 0. The van der Waals surface area contributed by atoms with E-state index in [0.717, 1.165) is 0 Å². The third-order valence-electron chi connectivity index (χ3n) is 7.16. The van der Waals surface area contributed by atoms with E-state index in [1.807, 2.05) is 0 Å². The van der Waals surface area contributed by atoms with Crippen LogP contribution in [0.5, 0.6) is 0 Å². The number of hydrogen-bond acceptors (Lipinski definition) is 0. The molecule has 0 radical (unpaired) electrons. The van der Waals surface area contributed by atoms with E-state index in [9.17, 15) is 0 Å². The maximum absolute atomic E-state index is 2.30. The summed E-state index contributed by atoms with van der Waals surface area (Å²) in [7, 11) is 0. The topological polar surface area (TPSA) is 0 Å². The van der Waals surface area contributed by atoms with E-state index in [4.69, 9.17) is 0 Å². The predicted octanol–water partition coefficient (Wildman–Crippen LogP) is 9.98. The molecule has 0 bridgehead atoms. The Morgan fingerprint density at radius 2 is 0.889 bits per heavy atom. The highest BCUT2D eigenvalue weighted by Crippen LogP contribution is 2.30. The molecule has 0 heterocycles. The van der Waals surface area contributed by atoms with E-state index in [0.29, 0.717) is 11.8 Å². The van der Waals surface area contributed by atoms with E-state index < -0.39 is 0 Å². The van der Waals surface area contributed by atoms with Crippen molar-refractivity contribution in [2.45, 2.75) is 25.7 Å². The smallest absolute Gasteiger partial charge is 0.00671 e. The molecule has 0 spiro atoms. The van der Waals surface area contributed by atoms with Gasteiger partial charge in [0.1, 0.15) is 0 Å². The average molecular weight is 465 g/mol. The minimum atomic E-state index is 0.428. The molecule has 6 aromatic carbocycles. The summed E-state index contributed by atoms with van der Waals surface area (Å²) in [5.74, 6) is 0.869. The summed E-state index contributed by atoms with van der Waals surface area (Å²) in [5.41, 5.74) is 5.51. The van der Waals surface area contributed by atoms with Gasteiger partial charge in [0.05, 0.1) is 0 Å². The van der Waals surface area contributed by atoms with Crippen molar-refractivity contribution in [3.05, 3.63) is 168 Å². The van der Waals surface area contributed by atoms with Crippen molar-refractivity contribution in [3.8, 4) is 0 Å². The zero-order valence-corrected chi connectivity index (χ0v) is 21.0. The van der Waals surface area contributed by atoms with Crippen molar-refractivity contribution in [1.29, 1.82) is 0 Å². The normalized spacial score (nSPS) is 12.5. The highest BCUT2D eigenvalue weighted by atomic mass is 14.1. The van der Waals surface area contributed by atoms with Crippen molar-refractivity contribution >= 4 is 21.5 Å². The van der Waals surface area contributed by atoms with Crippen LogP contribution in [-0.2, 0) is 0 Å². The molecule has 0 aliphatic rings. The number of rotatable bonds is 4. The van der Waals surface area contributed by atoms with Gasteiger partial charge in [0.25, 0.3) is 0 Å². The van der Waals surface area contributed by atoms with E-state index >= 15 is 0 Å². The van der Waals surface area contributed by atoms with Gasteiger partial charge < -0.3 is 0 Å². The van der Waals surface area contributed by atoms with Crippen LogP contribution in [0.4, 0.5) is 0 Å². The Hall–Kier alpha value is -4.16.